The normalized spacial score (nSPS) is 22.7. The van der Waals surface area contributed by atoms with Gasteiger partial charge in [0.1, 0.15) is 6.61 Å². The van der Waals surface area contributed by atoms with Crippen LogP contribution in [0.3, 0.4) is 0 Å². The summed E-state index contributed by atoms with van der Waals surface area (Å²) in [5, 5.41) is 22.1. The van der Waals surface area contributed by atoms with E-state index in [2.05, 4.69) is 27.2 Å². The van der Waals surface area contributed by atoms with Crippen LogP contribution in [0.25, 0.3) is 11.3 Å². The SMILES string of the molecule is C1CCCCCCC1.Cc1cccc(C)c1-c1cc2nc(n1)N[N+](O)(O)c1cccc(c1)CN1C(C)CCCCCCCC1CO2. The molecule has 8 heteroatoms. The molecular formula is C38H56N5O3+. The second kappa shape index (κ2) is 16.7. The van der Waals surface area contributed by atoms with Crippen molar-refractivity contribution in [2.75, 3.05) is 12.0 Å². The largest absolute Gasteiger partial charge is 0.476 e. The molecule has 6 rings (SSSR count). The van der Waals surface area contributed by atoms with Gasteiger partial charge >= 0.3 is 0 Å². The second-order valence-electron chi connectivity index (χ2n) is 13.7. The lowest BCUT2D eigenvalue weighted by Crippen LogP contribution is -2.48. The number of ether oxygens (including phenoxy) is 1. The number of benzene rings is 2. The van der Waals surface area contributed by atoms with E-state index < -0.39 is 4.92 Å². The lowest BCUT2D eigenvalue weighted by atomic mass is 9.97. The van der Waals surface area contributed by atoms with Crippen molar-refractivity contribution in [3.8, 4) is 17.1 Å². The molecule has 3 heterocycles. The zero-order valence-electron chi connectivity index (χ0n) is 28.4. The van der Waals surface area contributed by atoms with Crippen molar-refractivity contribution in [3.05, 3.63) is 65.2 Å². The van der Waals surface area contributed by atoms with Crippen LogP contribution in [0.15, 0.2) is 48.5 Å². The fourth-order valence-corrected chi connectivity index (χ4v) is 7.26. The molecule has 0 radical (unpaired) electrons. The third-order valence-electron chi connectivity index (χ3n) is 9.95. The zero-order valence-corrected chi connectivity index (χ0v) is 28.4. The molecule has 2 fully saturated rings. The lowest BCUT2D eigenvalue weighted by molar-refractivity contribution is -0.273. The summed E-state index contributed by atoms with van der Waals surface area (Å²) in [5.74, 6) is 0.488. The molecule has 2 unspecified atom stereocenters. The highest BCUT2D eigenvalue weighted by molar-refractivity contribution is 5.69. The Balaban J connectivity index is 0.000000455. The van der Waals surface area contributed by atoms with Crippen LogP contribution in [-0.2, 0) is 6.54 Å². The molecule has 2 aromatic carbocycles. The van der Waals surface area contributed by atoms with Crippen LogP contribution < -0.4 is 15.1 Å². The van der Waals surface area contributed by atoms with Gasteiger partial charge in [0.25, 0.3) is 5.95 Å². The van der Waals surface area contributed by atoms with Gasteiger partial charge in [0, 0.05) is 42.4 Å². The van der Waals surface area contributed by atoms with Gasteiger partial charge in [-0.3, -0.25) is 4.90 Å². The Morgan fingerprint density at radius 2 is 1.35 bits per heavy atom. The number of aryl methyl sites for hydroxylation is 2. The van der Waals surface area contributed by atoms with Gasteiger partial charge in [-0.1, -0.05) is 114 Å². The minimum Gasteiger partial charge on any atom is -0.476 e. The van der Waals surface area contributed by atoms with Crippen LogP contribution in [0.2, 0.25) is 0 Å². The zero-order chi connectivity index (χ0) is 32.4. The van der Waals surface area contributed by atoms with E-state index in [0.29, 0.717) is 30.8 Å². The third kappa shape index (κ3) is 9.50. The van der Waals surface area contributed by atoms with Crippen LogP contribution in [0.5, 0.6) is 5.88 Å². The predicted octanol–water partition coefficient (Wildman–Crippen LogP) is 9.69. The molecule has 3 N–H and O–H groups in total. The number of fused-ring (bicyclic) bond motifs is 5. The Bertz CT molecular complexity index is 1350. The summed E-state index contributed by atoms with van der Waals surface area (Å²) in [6.45, 7) is 7.61. The summed E-state index contributed by atoms with van der Waals surface area (Å²) in [7, 11) is 0. The van der Waals surface area contributed by atoms with Crippen LogP contribution in [0, 0.1) is 13.8 Å². The van der Waals surface area contributed by atoms with Crippen LogP contribution in [-0.4, -0.2) is 44.0 Å². The Morgan fingerprint density at radius 3 is 2.00 bits per heavy atom. The van der Waals surface area contributed by atoms with Crippen molar-refractivity contribution >= 4 is 11.6 Å². The number of aromatic nitrogens is 2. The molecule has 2 aliphatic heterocycles. The van der Waals surface area contributed by atoms with E-state index in [9.17, 15) is 10.4 Å². The minimum atomic E-state index is -1.57. The fourth-order valence-electron chi connectivity index (χ4n) is 7.26. The average molecular weight is 631 g/mol. The van der Waals surface area contributed by atoms with Crippen LogP contribution in [0.4, 0.5) is 11.6 Å². The smallest absolute Gasteiger partial charge is 0.279 e. The van der Waals surface area contributed by atoms with Crippen LogP contribution in [0.1, 0.15) is 120 Å². The van der Waals surface area contributed by atoms with Gasteiger partial charge in [-0.15, -0.1) is 15.8 Å². The number of rotatable bonds is 1. The quantitative estimate of drug-likeness (QED) is 0.231. The van der Waals surface area contributed by atoms with Crippen molar-refractivity contribution in [1.29, 1.82) is 0 Å². The van der Waals surface area contributed by atoms with E-state index in [0.717, 1.165) is 41.5 Å². The highest BCUT2D eigenvalue weighted by Crippen LogP contribution is 2.31. The van der Waals surface area contributed by atoms with Crippen LogP contribution >= 0.6 is 0 Å². The molecule has 250 valence electrons. The first-order chi connectivity index (χ1) is 22.3. The molecule has 2 atom stereocenters. The molecule has 8 nitrogen and oxygen atoms in total. The van der Waals surface area contributed by atoms with Gasteiger partial charge in [0.05, 0.1) is 10.6 Å². The fraction of sp³-hybridized carbons (Fsp3) is 0.579. The molecule has 0 spiro atoms. The van der Waals surface area contributed by atoms with Gasteiger partial charge in [-0.2, -0.15) is 4.98 Å². The summed E-state index contributed by atoms with van der Waals surface area (Å²) in [6, 6.07) is 16.0. The summed E-state index contributed by atoms with van der Waals surface area (Å²) in [5.41, 5.74) is 7.81. The first kappa shape index (κ1) is 34.3. The summed E-state index contributed by atoms with van der Waals surface area (Å²) in [4.78, 5) is 10.2. The first-order valence-corrected chi connectivity index (χ1v) is 17.9. The number of hydrogen-bond donors (Lipinski definition) is 3. The molecule has 46 heavy (non-hydrogen) atoms. The Morgan fingerprint density at radius 1 is 0.761 bits per heavy atom. The highest BCUT2D eigenvalue weighted by atomic mass is 16.9. The van der Waals surface area contributed by atoms with Gasteiger partial charge in [0.15, 0.2) is 0 Å². The maximum absolute atomic E-state index is 11.1. The molecule has 1 aliphatic carbocycles. The lowest BCUT2D eigenvalue weighted by Gasteiger charge is -2.37. The monoisotopic (exact) mass is 630 g/mol. The summed E-state index contributed by atoms with van der Waals surface area (Å²) < 4.78 is 6.41. The standard InChI is InChI=1S/C30H40N5O3.C8H16/c1-21-11-9-12-22(2)29(21)27-18-28-32-30(31-27)33-35(36,37)26-16-10-14-24(17-26)19-34-23(3)13-7-5-4-6-8-15-25(34)20-38-28;1-2-4-6-8-7-5-3-1/h9-12,14,16-18,23,25,36-37H,4-8,13,15,19-20H2,1-3H3,(H,31,32,33);1-8H2/q+1;. The van der Waals surface area contributed by atoms with Crippen molar-refractivity contribution in [1.82, 2.24) is 19.8 Å². The number of quaternary nitrogens is 1. The third-order valence-corrected chi connectivity index (χ3v) is 9.95. The molecule has 4 bridgehead atoms. The topological polar surface area (TPSA) is 90.7 Å². The van der Waals surface area contributed by atoms with Gasteiger partial charge in [0.2, 0.25) is 11.6 Å². The Kier molecular flexibility index (Phi) is 12.4. The maximum Gasteiger partial charge on any atom is 0.279 e. The van der Waals surface area contributed by atoms with E-state index in [1.165, 1.54) is 77.0 Å². The summed E-state index contributed by atoms with van der Waals surface area (Å²) >= 11 is 0. The van der Waals surface area contributed by atoms with E-state index in [1.807, 2.05) is 56.3 Å². The molecule has 0 amide bonds. The number of nitrogens with one attached hydrogen (secondary N) is 1. The first-order valence-electron chi connectivity index (χ1n) is 17.9. The van der Waals surface area contributed by atoms with E-state index in [-0.39, 0.29) is 17.7 Å². The highest BCUT2D eigenvalue weighted by Gasteiger charge is 2.32. The van der Waals surface area contributed by atoms with Crippen molar-refractivity contribution in [2.24, 2.45) is 0 Å². The van der Waals surface area contributed by atoms with Crippen molar-refractivity contribution < 1.29 is 15.2 Å². The van der Waals surface area contributed by atoms with Crippen molar-refractivity contribution in [3.63, 3.8) is 0 Å². The van der Waals surface area contributed by atoms with E-state index in [1.54, 1.807) is 6.07 Å². The molecule has 1 saturated carbocycles. The Labute approximate surface area is 276 Å². The number of hydrogen-bond acceptors (Lipinski definition) is 7. The number of nitrogens with zero attached hydrogens (tertiary/aromatic N) is 4. The summed E-state index contributed by atoms with van der Waals surface area (Å²) in [6.07, 6.45) is 20.4. The minimum absolute atomic E-state index is 0.0750. The second-order valence-corrected chi connectivity index (χ2v) is 13.7. The number of anilines is 1. The van der Waals surface area contributed by atoms with E-state index >= 15 is 0 Å². The molecule has 1 aromatic heterocycles. The Hall–Kier alpha value is -3.04. The molecular weight excluding hydrogens is 574 g/mol. The average Bonchev–Trinajstić information content (AvgIpc) is 3.00. The molecule has 1 saturated heterocycles. The predicted molar refractivity (Wildman–Crippen MR) is 186 cm³/mol. The molecule has 3 aromatic rings. The van der Waals surface area contributed by atoms with Gasteiger partial charge < -0.3 is 4.74 Å². The van der Waals surface area contributed by atoms with Gasteiger partial charge in [-0.05, 0) is 50.3 Å². The maximum atomic E-state index is 11.1. The van der Waals surface area contributed by atoms with Gasteiger partial charge in [-0.25, -0.2) is 4.98 Å². The molecule has 3 aliphatic rings. The van der Waals surface area contributed by atoms with E-state index in [4.69, 9.17) is 4.74 Å². The van der Waals surface area contributed by atoms with Crippen molar-refractivity contribution in [2.45, 2.75) is 136 Å².